The van der Waals surface area contributed by atoms with E-state index in [0.717, 1.165) is 12.1 Å². The first kappa shape index (κ1) is 22.7. The summed E-state index contributed by atoms with van der Waals surface area (Å²) < 4.78 is 49.6. The monoisotopic (exact) mass is 444 g/mol. The van der Waals surface area contributed by atoms with Crippen molar-refractivity contribution in [3.05, 3.63) is 95.6 Å². The van der Waals surface area contributed by atoms with Crippen LogP contribution < -0.4 is 20.3 Å². The number of amides is 2. The van der Waals surface area contributed by atoms with E-state index >= 15 is 0 Å². The summed E-state index contributed by atoms with van der Waals surface area (Å²) in [7, 11) is 0. The molecule has 0 unspecified atom stereocenters. The minimum Gasteiger partial charge on any atom is -0.490 e. The van der Waals surface area contributed by atoms with Gasteiger partial charge in [0.2, 0.25) is 0 Å². The van der Waals surface area contributed by atoms with E-state index in [4.69, 9.17) is 9.47 Å². The van der Waals surface area contributed by atoms with Crippen LogP contribution in [0.15, 0.2) is 78.9 Å². The van der Waals surface area contributed by atoms with Crippen LogP contribution in [0.1, 0.15) is 26.3 Å². The van der Waals surface area contributed by atoms with E-state index < -0.39 is 23.6 Å². The van der Waals surface area contributed by atoms with Crippen molar-refractivity contribution in [2.75, 3.05) is 13.2 Å². The molecule has 0 aliphatic heterocycles. The zero-order valence-electron chi connectivity index (χ0n) is 16.7. The third kappa shape index (κ3) is 6.24. The average Bonchev–Trinajstić information content (AvgIpc) is 2.80. The van der Waals surface area contributed by atoms with Gasteiger partial charge >= 0.3 is 6.18 Å². The largest absolute Gasteiger partial charge is 0.490 e. The molecule has 0 radical (unpaired) electrons. The summed E-state index contributed by atoms with van der Waals surface area (Å²) in [4.78, 5) is 24.6. The summed E-state index contributed by atoms with van der Waals surface area (Å²) >= 11 is 0. The minimum atomic E-state index is -4.58. The molecule has 3 rings (SSSR count). The van der Waals surface area contributed by atoms with Gasteiger partial charge in [0.1, 0.15) is 24.7 Å². The van der Waals surface area contributed by atoms with Crippen LogP contribution in [0.4, 0.5) is 13.2 Å². The maximum atomic E-state index is 12.8. The standard InChI is InChI=1S/C23H19F3N2O4/c24-23(25,26)17-8-6-7-16(15-17)21(29)27-28-22(30)19-11-4-5-12-20(19)32-14-13-31-18-9-2-1-3-10-18/h1-12,15H,13-14H2,(H,27,29)(H,28,30). The van der Waals surface area contributed by atoms with Gasteiger partial charge in [-0.2, -0.15) is 13.2 Å². The second-order valence-electron chi connectivity index (χ2n) is 6.49. The van der Waals surface area contributed by atoms with Gasteiger partial charge in [-0.3, -0.25) is 20.4 Å². The summed E-state index contributed by atoms with van der Waals surface area (Å²) in [6.45, 7) is 0.405. The van der Waals surface area contributed by atoms with E-state index in [1.54, 1.807) is 30.3 Å². The summed E-state index contributed by atoms with van der Waals surface area (Å²) in [6, 6.07) is 19.4. The van der Waals surface area contributed by atoms with E-state index in [1.165, 1.54) is 12.1 Å². The van der Waals surface area contributed by atoms with E-state index in [1.807, 2.05) is 18.2 Å². The molecule has 3 aromatic carbocycles. The number of benzene rings is 3. The normalized spacial score (nSPS) is 10.8. The number of hydrazine groups is 1. The summed E-state index contributed by atoms with van der Waals surface area (Å²) in [5, 5.41) is 0. The lowest BCUT2D eigenvalue weighted by atomic mass is 10.1. The molecule has 2 amide bonds. The molecule has 9 heteroatoms. The van der Waals surface area contributed by atoms with Gasteiger partial charge in [-0.15, -0.1) is 0 Å². The lowest BCUT2D eigenvalue weighted by Crippen LogP contribution is -2.41. The minimum absolute atomic E-state index is 0.136. The highest BCUT2D eigenvalue weighted by Gasteiger charge is 2.30. The number of carbonyl (C=O) groups excluding carboxylic acids is 2. The Morgan fingerprint density at radius 2 is 1.41 bits per heavy atom. The van der Waals surface area contributed by atoms with Gasteiger partial charge in [0.05, 0.1) is 11.1 Å². The Hall–Kier alpha value is -4.01. The molecule has 0 atom stereocenters. The number of rotatable bonds is 7. The molecule has 6 nitrogen and oxygen atoms in total. The van der Waals surface area contributed by atoms with Gasteiger partial charge in [-0.1, -0.05) is 36.4 Å². The molecule has 0 fully saturated rings. The zero-order chi connectivity index (χ0) is 23.0. The molecule has 0 aliphatic carbocycles. The molecule has 3 aromatic rings. The molecule has 0 bridgehead atoms. The van der Waals surface area contributed by atoms with Crippen LogP contribution in [0.25, 0.3) is 0 Å². The highest BCUT2D eigenvalue weighted by molar-refractivity contribution is 6.00. The molecule has 0 heterocycles. The average molecular weight is 444 g/mol. The Bertz CT molecular complexity index is 1070. The van der Waals surface area contributed by atoms with Crippen molar-refractivity contribution in [3.63, 3.8) is 0 Å². The van der Waals surface area contributed by atoms with E-state index in [9.17, 15) is 22.8 Å². The topological polar surface area (TPSA) is 76.7 Å². The van der Waals surface area contributed by atoms with Crippen molar-refractivity contribution in [1.29, 1.82) is 0 Å². The number of alkyl halides is 3. The number of ether oxygens (including phenoxy) is 2. The molecule has 0 aromatic heterocycles. The highest BCUT2D eigenvalue weighted by atomic mass is 19.4. The molecule has 166 valence electrons. The summed E-state index contributed by atoms with van der Waals surface area (Å²) in [6.07, 6.45) is -4.58. The van der Waals surface area contributed by atoms with Crippen molar-refractivity contribution in [1.82, 2.24) is 10.9 Å². The number of hydrogen-bond donors (Lipinski definition) is 2. The molecule has 0 saturated heterocycles. The van der Waals surface area contributed by atoms with E-state index in [2.05, 4.69) is 10.9 Å². The Balaban J connectivity index is 1.55. The molecule has 2 N–H and O–H groups in total. The summed E-state index contributed by atoms with van der Waals surface area (Å²) in [5.74, 6) is -0.640. The second kappa shape index (κ2) is 10.3. The lowest BCUT2D eigenvalue weighted by molar-refractivity contribution is -0.137. The Kier molecular flexibility index (Phi) is 7.33. The first-order valence-electron chi connectivity index (χ1n) is 9.52. The molecule has 0 aliphatic rings. The molecular formula is C23H19F3N2O4. The highest BCUT2D eigenvalue weighted by Crippen LogP contribution is 2.29. The SMILES string of the molecule is O=C(NNC(=O)c1ccccc1OCCOc1ccccc1)c1cccc(C(F)(F)F)c1. The maximum Gasteiger partial charge on any atom is 0.416 e. The number of carbonyl (C=O) groups is 2. The number of hydrogen-bond acceptors (Lipinski definition) is 4. The second-order valence-corrected chi connectivity index (χ2v) is 6.49. The first-order valence-corrected chi connectivity index (χ1v) is 9.52. The van der Waals surface area contributed by atoms with Gasteiger partial charge in [0.25, 0.3) is 11.8 Å². The van der Waals surface area contributed by atoms with Crippen molar-refractivity contribution in [2.24, 2.45) is 0 Å². The fourth-order valence-electron chi connectivity index (χ4n) is 2.70. The van der Waals surface area contributed by atoms with Crippen LogP contribution in [0.3, 0.4) is 0 Å². The van der Waals surface area contributed by atoms with Crippen molar-refractivity contribution < 1.29 is 32.2 Å². The van der Waals surface area contributed by atoms with Gasteiger partial charge in [-0.05, 0) is 42.5 Å². The van der Waals surface area contributed by atoms with Crippen molar-refractivity contribution >= 4 is 11.8 Å². The van der Waals surface area contributed by atoms with Crippen LogP contribution in [0.5, 0.6) is 11.5 Å². The molecular weight excluding hydrogens is 425 g/mol. The van der Waals surface area contributed by atoms with Crippen LogP contribution in [0, 0.1) is 0 Å². The molecule has 0 saturated carbocycles. The Labute approximate surface area is 181 Å². The lowest BCUT2D eigenvalue weighted by Gasteiger charge is -2.13. The van der Waals surface area contributed by atoms with Gasteiger partial charge < -0.3 is 9.47 Å². The number of nitrogens with one attached hydrogen (secondary N) is 2. The predicted octanol–water partition coefficient (Wildman–Crippen LogP) is 4.24. The van der Waals surface area contributed by atoms with Crippen molar-refractivity contribution in [3.8, 4) is 11.5 Å². The van der Waals surface area contributed by atoms with Crippen LogP contribution in [-0.4, -0.2) is 25.0 Å². The van der Waals surface area contributed by atoms with E-state index in [0.29, 0.717) is 11.8 Å². The number of halogens is 3. The predicted molar refractivity (Wildman–Crippen MR) is 110 cm³/mol. The Morgan fingerprint density at radius 3 is 2.16 bits per heavy atom. The smallest absolute Gasteiger partial charge is 0.416 e. The van der Waals surface area contributed by atoms with Gasteiger partial charge in [-0.25, -0.2) is 0 Å². The fraction of sp³-hybridized carbons (Fsp3) is 0.130. The summed E-state index contributed by atoms with van der Waals surface area (Å²) in [5.41, 5.74) is 3.21. The quantitative estimate of drug-likeness (QED) is 0.422. The van der Waals surface area contributed by atoms with Gasteiger partial charge in [0, 0.05) is 5.56 Å². The van der Waals surface area contributed by atoms with Crippen LogP contribution in [0.2, 0.25) is 0 Å². The molecule has 32 heavy (non-hydrogen) atoms. The zero-order valence-corrected chi connectivity index (χ0v) is 16.7. The number of para-hydroxylation sites is 2. The first-order chi connectivity index (χ1) is 15.3. The fourth-order valence-corrected chi connectivity index (χ4v) is 2.70. The third-order valence-corrected chi connectivity index (χ3v) is 4.23. The third-order valence-electron chi connectivity index (χ3n) is 4.23. The van der Waals surface area contributed by atoms with Crippen LogP contribution in [-0.2, 0) is 6.18 Å². The maximum absolute atomic E-state index is 12.8. The Morgan fingerprint density at radius 1 is 0.750 bits per heavy atom. The van der Waals surface area contributed by atoms with Gasteiger partial charge in [0.15, 0.2) is 0 Å². The van der Waals surface area contributed by atoms with Crippen LogP contribution >= 0.6 is 0 Å². The van der Waals surface area contributed by atoms with E-state index in [-0.39, 0.29) is 30.1 Å². The van der Waals surface area contributed by atoms with Crippen molar-refractivity contribution in [2.45, 2.75) is 6.18 Å². The molecule has 0 spiro atoms.